The summed E-state index contributed by atoms with van der Waals surface area (Å²) >= 11 is 5.14. The van der Waals surface area contributed by atoms with Crippen LogP contribution in [0.1, 0.15) is 44.0 Å². The fourth-order valence-electron chi connectivity index (χ4n) is 2.54. The number of hydrogen-bond acceptors (Lipinski definition) is 3. The molecule has 2 rings (SSSR count). The molecule has 1 saturated heterocycles. The third-order valence-electron chi connectivity index (χ3n) is 4.20. The Morgan fingerprint density at radius 1 is 1.25 bits per heavy atom. The van der Waals surface area contributed by atoms with E-state index in [0.717, 1.165) is 25.9 Å². The highest BCUT2D eigenvalue weighted by molar-refractivity contribution is 7.80. The van der Waals surface area contributed by atoms with E-state index in [2.05, 4.69) is 17.6 Å². The van der Waals surface area contributed by atoms with Gasteiger partial charge in [-0.05, 0) is 49.2 Å². The number of benzene rings is 1. The summed E-state index contributed by atoms with van der Waals surface area (Å²) in [7, 11) is 0. The molecule has 6 heteroatoms. The van der Waals surface area contributed by atoms with Crippen LogP contribution in [0.15, 0.2) is 24.3 Å². The van der Waals surface area contributed by atoms with Crippen molar-refractivity contribution in [2.75, 3.05) is 18.4 Å². The van der Waals surface area contributed by atoms with E-state index in [-0.39, 0.29) is 22.8 Å². The van der Waals surface area contributed by atoms with E-state index in [0.29, 0.717) is 17.2 Å². The lowest BCUT2D eigenvalue weighted by molar-refractivity contribution is -0.122. The summed E-state index contributed by atoms with van der Waals surface area (Å²) in [6.07, 6.45) is 2.10. The van der Waals surface area contributed by atoms with Crippen LogP contribution in [0.2, 0.25) is 0 Å². The van der Waals surface area contributed by atoms with Gasteiger partial charge in [-0.3, -0.25) is 9.59 Å². The molecule has 1 heterocycles. The van der Waals surface area contributed by atoms with Crippen molar-refractivity contribution in [3.05, 3.63) is 29.8 Å². The molecule has 0 bridgehead atoms. The lowest BCUT2D eigenvalue weighted by Crippen LogP contribution is -2.38. The van der Waals surface area contributed by atoms with Gasteiger partial charge in [0.25, 0.3) is 5.91 Å². The van der Waals surface area contributed by atoms with E-state index in [4.69, 9.17) is 12.2 Å². The van der Waals surface area contributed by atoms with Gasteiger partial charge < -0.3 is 15.5 Å². The Hall–Kier alpha value is -1.95. The standard InChI is InChI=1S/C18H25N3O2S/c1-12(2)16(22)20-18(24)19-15-6-4-5-14(11-15)17(23)21-9-7-13(3)8-10-21/h4-6,11-13H,7-10H2,1-3H3,(H2,19,20,22,24). The average molecular weight is 347 g/mol. The second kappa shape index (κ2) is 8.24. The number of nitrogens with one attached hydrogen (secondary N) is 2. The lowest BCUT2D eigenvalue weighted by atomic mass is 9.98. The largest absolute Gasteiger partial charge is 0.339 e. The van der Waals surface area contributed by atoms with Gasteiger partial charge in [-0.2, -0.15) is 0 Å². The van der Waals surface area contributed by atoms with E-state index >= 15 is 0 Å². The minimum absolute atomic E-state index is 0.0442. The number of amides is 2. The first-order valence-corrected chi connectivity index (χ1v) is 8.79. The first-order valence-electron chi connectivity index (χ1n) is 8.38. The first kappa shape index (κ1) is 18.4. The van der Waals surface area contributed by atoms with Crippen LogP contribution in [-0.2, 0) is 4.79 Å². The summed E-state index contributed by atoms with van der Waals surface area (Å²) in [5, 5.41) is 5.83. The predicted octanol–water partition coefficient (Wildman–Crippen LogP) is 3.03. The van der Waals surface area contributed by atoms with Crippen LogP contribution in [-0.4, -0.2) is 34.9 Å². The van der Waals surface area contributed by atoms with E-state index in [1.807, 2.05) is 17.0 Å². The summed E-state index contributed by atoms with van der Waals surface area (Å²) in [5.74, 6) is 0.452. The molecule has 1 aliphatic rings. The maximum absolute atomic E-state index is 12.6. The van der Waals surface area contributed by atoms with Crippen molar-refractivity contribution >= 4 is 34.8 Å². The Morgan fingerprint density at radius 3 is 2.54 bits per heavy atom. The number of anilines is 1. The molecule has 0 spiro atoms. The average Bonchev–Trinajstić information content (AvgIpc) is 2.55. The zero-order chi connectivity index (χ0) is 17.7. The molecule has 0 unspecified atom stereocenters. The fourth-order valence-corrected chi connectivity index (χ4v) is 2.76. The second-order valence-corrected chi connectivity index (χ2v) is 7.06. The minimum Gasteiger partial charge on any atom is -0.339 e. The topological polar surface area (TPSA) is 61.4 Å². The number of likely N-dealkylation sites (tertiary alicyclic amines) is 1. The third kappa shape index (κ3) is 5.03. The van der Waals surface area contributed by atoms with Crippen LogP contribution < -0.4 is 10.6 Å². The molecule has 0 aromatic heterocycles. The number of rotatable bonds is 3. The highest BCUT2D eigenvalue weighted by atomic mass is 32.1. The molecule has 130 valence electrons. The Balaban J connectivity index is 1.99. The van der Waals surface area contributed by atoms with Crippen LogP contribution in [0.5, 0.6) is 0 Å². The molecule has 0 saturated carbocycles. The molecule has 5 nitrogen and oxygen atoms in total. The molecule has 24 heavy (non-hydrogen) atoms. The van der Waals surface area contributed by atoms with Crippen LogP contribution in [0.4, 0.5) is 5.69 Å². The molecule has 2 amide bonds. The van der Waals surface area contributed by atoms with E-state index in [1.165, 1.54) is 0 Å². The monoisotopic (exact) mass is 347 g/mol. The Morgan fingerprint density at radius 2 is 1.92 bits per heavy atom. The number of thiocarbonyl (C=S) groups is 1. The summed E-state index contributed by atoms with van der Waals surface area (Å²) in [5.41, 5.74) is 1.33. The van der Waals surface area contributed by atoms with Gasteiger partial charge >= 0.3 is 0 Å². The van der Waals surface area contributed by atoms with Gasteiger partial charge in [-0.25, -0.2) is 0 Å². The quantitative estimate of drug-likeness (QED) is 0.825. The normalized spacial score (nSPS) is 15.2. The predicted molar refractivity (Wildman–Crippen MR) is 99.9 cm³/mol. The highest BCUT2D eigenvalue weighted by Gasteiger charge is 2.21. The number of carbonyl (C=O) groups is 2. The molecule has 0 atom stereocenters. The molecule has 1 aromatic carbocycles. The highest BCUT2D eigenvalue weighted by Crippen LogP contribution is 2.19. The smallest absolute Gasteiger partial charge is 0.253 e. The van der Waals surface area contributed by atoms with Crippen molar-refractivity contribution in [2.45, 2.75) is 33.6 Å². The number of piperidine rings is 1. The van der Waals surface area contributed by atoms with Gasteiger partial charge in [0.1, 0.15) is 0 Å². The van der Waals surface area contributed by atoms with Crippen molar-refractivity contribution in [3.8, 4) is 0 Å². The lowest BCUT2D eigenvalue weighted by Gasteiger charge is -2.30. The Labute approximate surface area is 148 Å². The van der Waals surface area contributed by atoms with Crippen LogP contribution in [0.25, 0.3) is 0 Å². The van der Waals surface area contributed by atoms with Gasteiger partial charge in [0.15, 0.2) is 5.11 Å². The number of nitrogens with zero attached hydrogens (tertiary/aromatic N) is 1. The fraction of sp³-hybridized carbons (Fsp3) is 0.500. The van der Waals surface area contributed by atoms with Crippen LogP contribution in [0, 0.1) is 11.8 Å². The number of hydrogen-bond donors (Lipinski definition) is 2. The van der Waals surface area contributed by atoms with Crippen molar-refractivity contribution in [3.63, 3.8) is 0 Å². The summed E-state index contributed by atoms with van der Waals surface area (Å²) in [6, 6.07) is 7.22. The molecule has 2 N–H and O–H groups in total. The van der Waals surface area contributed by atoms with Gasteiger partial charge in [-0.15, -0.1) is 0 Å². The van der Waals surface area contributed by atoms with Crippen molar-refractivity contribution < 1.29 is 9.59 Å². The van der Waals surface area contributed by atoms with Gasteiger partial charge in [0.2, 0.25) is 5.91 Å². The van der Waals surface area contributed by atoms with Gasteiger partial charge in [0, 0.05) is 30.3 Å². The third-order valence-corrected chi connectivity index (χ3v) is 4.40. The Bertz CT molecular complexity index is 622. The second-order valence-electron chi connectivity index (χ2n) is 6.65. The summed E-state index contributed by atoms with van der Waals surface area (Å²) in [6.45, 7) is 7.44. The van der Waals surface area contributed by atoms with Gasteiger partial charge in [0.05, 0.1) is 0 Å². The molecule has 0 radical (unpaired) electrons. The van der Waals surface area contributed by atoms with Crippen molar-refractivity contribution in [1.82, 2.24) is 10.2 Å². The van der Waals surface area contributed by atoms with Crippen molar-refractivity contribution in [1.29, 1.82) is 0 Å². The molecule has 1 aliphatic heterocycles. The minimum atomic E-state index is -0.140. The molecular weight excluding hydrogens is 322 g/mol. The summed E-state index contributed by atoms with van der Waals surface area (Å²) in [4.78, 5) is 26.2. The molecular formula is C18H25N3O2S. The van der Waals surface area contributed by atoms with E-state index in [1.54, 1.807) is 26.0 Å². The van der Waals surface area contributed by atoms with E-state index < -0.39 is 0 Å². The molecule has 1 aromatic rings. The van der Waals surface area contributed by atoms with Crippen LogP contribution in [0.3, 0.4) is 0 Å². The zero-order valence-corrected chi connectivity index (χ0v) is 15.3. The zero-order valence-electron chi connectivity index (χ0n) is 14.5. The number of carbonyl (C=O) groups excluding carboxylic acids is 2. The molecule has 0 aliphatic carbocycles. The summed E-state index contributed by atoms with van der Waals surface area (Å²) < 4.78 is 0. The maximum atomic E-state index is 12.6. The first-order chi connectivity index (χ1) is 11.4. The van der Waals surface area contributed by atoms with Crippen molar-refractivity contribution in [2.24, 2.45) is 11.8 Å². The van der Waals surface area contributed by atoms with Crippen LogP contribution >= 0.6 is 12.2 Å². The molecule has 1 fully saturated rings. The Kier molecular flexibility index (Phi) is 6.31. The van der Waals surface area contributed by atoms with Gasteiger partial charge in [-0.1, -0.05) is 26.8 Å². The maximum Gasteiger partial charge on any atom is 0.253 e. The van der Waals surface area contributed by atoms with E-state index in [9.17, 15) is 9.59 Å². The SMILES string of the molecule is CC1CCN(C(=O)c2cccc(NC(=S)NC(=O)C(C)C)c2)CC1.